The van der Waals surface area contributed by atoms with Crippen LogP contribution >= 0.6 is 0 Å². The van der Waals surface area contributed by atoms with Crippen LogP contribution in [0.2, 0.25) is 0 Å². The third kappa shape index (κ3) is 5.71. The van der Waals surface area contributed by atoms with Gasteiger partial charge in [0.1, 0.15) is 0 Å². The van der Waals surface area contributed by atoms with Crippen molar-refractivity contribution in [2.75, 3.05) is 11.6 Å². The molecule has 0 atom stereocenters. The maximum Gasteiger partial charge on any atom is 0.224 e. The van der Waals surface area contributed by atoms with Crippen LogP contribution < -0.4 is 5.32 Å². The van der Waals surface area contributed by atoms with Crippen molar-refractivity contribution in [1.82, 2.24) is 0 Å². The summed E-state index contributed by atoms with van der Waals surface area (Å²) < 4.78 is 22.8. The number of amides is 1. The van der Waals surface area contributed by atoms with E-state index < -0.39 is 9.84 Å². The van der Waals surface area contributed by atoms with Crippen molar-refractivity contribution >= 4 is 21.4 Å². The molecule has 0 radical (unpaired) electrons. The zero-order valence-corrected chi connectivity index (χ0v) is 16.0. The van der Waals surface area contributed by atoms with Gasteiger partial charge >= 0.3 is 0 Å². The summed E-state index contributed by atoms with van der Waals surface area (Å²) in [6.45, 7) is 6.51. The maximum absolute atomic E-state index is 12.1. The molecule has 0 saturated carbocycles. The number of carbonyl (C=O) groups is 1. The summed E-state index contributed by atoms with van der Waals surface area (Å²) in [4.78, 5) is 12.3. The fourth-order valence-corrected chi connectivity index (χ4v) is 3.07. The Bertz CT molecular complexity index is 830. The number of aryl methyl sites for hydroxylation is 1. The number of hydrogen-bond acceptors (Lipinski definition) is 3. The van der Waals surface area contributed by atoms with Crippen LogP contribution in [0, 0.1) is 0 Å². The van der Waals surface area contributed by atoms with E-state index in [0.29, 0.717) is 18.5 Å². The van der Waals surface area contributed by atoms with Crippen molar-refractivity contribution in [2.24, 2.45) is 0 Å². The minimum Gasteiger partial charge on any atom is -0.326 e. The molecule has 0 aliphatic carbocycles. The Labute approximate surface area is 150 Å². The highest BCUT2D eigenvalue weighted by molar-refractivity contribution is 7.90. The molecule has 134 valence electrons. The first-order valence-electron chi connectivity index (χ1n) is 8.25. The standard InChI is InChI=1S/C20H25NO3S/c1-20(2,3)16-8-5-15(6-9-16)7-14-19(22)21-17-10-12-18(13-11-17)25(4,23)24/h5-6,8-13H,7,14H2,1-4H3,(H,21,22). The molecule has 0 aromatic heterocycles. The zero-order chi connectivity index (χ0) is 18.7. The molecule has 25 heavy (non-hydrogen) atoms. The zero-order valence-electron chi connectivity index (χ0n) is 15.2. The van der Waals surface area contributed by atoms with Crippen molar-refractivity contribution in [1.29, 1.82) is 0 Å². The molecule has 0 aliphatic heterocycles. The SMILES string of the molecule is CC(C)(C)c1ccc(CCC(=O)Nc2ccc(S(C)(=O)=O)cc2)cc1. The molecule has 0 saturated heterocycles. The molecule has 0 heterocycles. The van der Waals surface area contributed by atoms with E-state index in [1.165, 1.54) is 17.7 Å². The average molecular weight is 359 g/mol. The van der Waals surface area contributed by atoms with Gasteiger partial charge < -0.3 is 5.32 Å². The molecule has 0 unspecified atom stereocenters. The van der Waals surface area contributed by atoms with Gasteiger partial charge in [-0.1, -0.05) is 45.0 Å². The molecule has 2 aromatic carbocycles. The molecule has 0 bridgehead atoms. The van der Waals surface area contributed by atoms with Gasteiger partial charge in [-0.3, -0.25) is 4.79 Å². The molecule has 1 N–H and O–H groups in total. The second-order valence-electron chi connectivity index (χ2n) is 7.29. The van der Waals surface area contributed by atoms with Gasteiger partial charge in [0.05, 0.1) is 4.90 Å². The summed E-state index contributed by atoms with van der Waals surface area (Å²) >= 11 is 0. The van der Waals surface area contributed by atoms with Gasteiger partial charge in [-0.2, -0.15) is 0 Å². The highest BCUT2D eigenvalue weighted by Crippen LogP contribution is 2.22. The van der Waals surface area contributed by atoms with Gasteiger partial charge in [-0.05, 0) is 47.2 Å². The first-order chi connectivity index (χ1) is 11.6. The lowest BCUT2D eigenvalue weighted by Crippen LogP contribution is -2.13. The van der Waals surface area contributed by atoms with Crippen molar-refractivity contribution in [2.45, 2.75) is 43.9 Å². The third-order valence-electron chi connectivity index (χ3n) is 4.03. The van der Waals surface area contributed by atoms with Gasteiger partial charge in [0, 0.05) is 18.4 Å². The molecule has 4 nitrogen and oxygen atoms in total. The highest BCUT2D eigenvalue weighted by atomic mass is 32.2. The number of nitrogens with one attached hydrogen (secondary N) is 1. The maximum atomic E-state index is 12.1. The Morgan fingerprint density at radius 2 is 1.52 bits per heavy atom. The van der Waals surface area contributed by atoms with Gasteiger partial charge in [0.25, 0.3) is 0 Å². The Morgan fingerprint density at radius 1 is 0.960 bits per heavy atom. The summed E-state index contributed by atoms with van der Waals surface area (Å²) in [7, 11) is -3.22. The molecule has 5 heteroatoms. The fourth-order valence-electron chi connectivity index (χ4n) is 2.44. The van der Waals surface area contributed by atoms with Gasteiger partial charge in [0.15, 0.2) is 9.84 Å². The van der Waals surface area contributed by atoms with Crippen LogP contribution in [0.1, 0.15) is 38.3 Å². The van der Waals surface area contributed by atoms with Crippen molar-refractivity contribution in [3.05, 3.63) is 59.7 Å². The van der Waals surface area contributed by atoms with E-state index in [-0.39, 0.29) is 16.2 Å². The first kappa shape index (κ1) is 19.2. The lowest BCUT2D eigenvalue weighted by atomic mass is 9.86. The van der Waals surface area contributed by atoms with Gasteiger partial charge in [0.2, 0.25) is 5.91 Å². The molecule has 0 spiro atoms. The van der Waals surface area contributed by atoms with E-state index in [1.54, 1.807) is 12.1 Å². The van der Waals surface area contributed by atoms with Crippen LogP contribution in [0.5, 0.6) is 0 Å². The fraction of sp³-hybridized carbons (Fsp3) is 0.350. The largest absolute Gasteiger partial charge is 0.326 e. The first-order valence-corrected chi connectivity index (χ1v) is 10.1. The van der Waals surface area contributed by atoms with Crippen LogP contribution in [-0.4, -0.2) is 20.6 Å². The van der Waals surface area contributed by atoms with E-state index in [4.69, 9.17) is 0 Å². The predicted octanol–water partition coefficient (Wildman–Crippen LogP) is 3.96. The number of hydrogen-bond donors (Lipinski definition) is 1. The van der Waals surface area contributed by atoms with E-state index in [1.807, 2.05) is 0 Å². The Kier molecular flexibility index (Phi) is 5.68. The smallest absolute Gasteiger partial charge is 0.224 e. The monoisotopic (exact) mass is 359 g/mol. The Hall–Kier alpha value is -2.14. The van der Waals surface area contributed by atoms with Crippen LogP contribution in [0.4, 0.5) is 5.69 Å². The minimum atomic E-state index is -3.22. The van der Waals surface area contributed by atoms with Crippen molar-refractivity contribution in [3.8, 4) is 0 Å². The topological polar surface area (TPSA) is 63.2 Å². The lowest BCUT2D eigenvalue weighted by molar-refractivity contribution is -0.116. The van der Waals surface area contributed by atoms with Gasteiger partial charge in [-0.15, -0.1) is 0 Å². The minimum absolute atomic E-state index is 0.0907. The number of carbonyl (C=O) groups excluding carboxylic acids is 1. The van der Waals surface area contributed by atoms with E-state index in [0.717, 1.165) is 11.8 Å². The number of benzene rings is 2. The van der Waals surface area contributed by atoms with Crippen LogP contribution in [0.3, 0.4) is 0 Å². The highest BCUT2D eigenvalue weighted by Gasteiger charge is 2.13. The molecule has 2 aromatic rings. The average Bonchev–Trinajstić information content (AvgIpc) is 2.52. The Morgan fingerprint density at radius 3 is 2.00 bits per heavy atom. The van der Waals surface area contributed by atoms with Gasteiger partial charge in [-0.25, -0.2) is 8.42 Å². The Balaban J connectivity index is 1.90. The summed E-state index contributed by atoms with van der Waals surface area (Å²) in [6.07, 6.45) is 2.20. The van der Waals surface area contributed by atoms with E-state index >= 15 is 0 Å². The van der Waals surface area contributed by atoms with Crippen LogP contribution in [0.25, 0.3) is 0 Å². The van der Waals surface area contributed by atoms with Crippen LogP contribution in [0.15, 0.2) is 53.4 Å². The summed E-state index contributed by atoms with van der Waals surface area (Å²) in [6, 6.07) is 14.5. The molecule has 1 amide bonds. The lowest BCUT2D eigenvalue weighted by Gasteiger charge is -2.19. The number of rotatable bonds is 5. The summed E-state index contributed by atoms with van der Waals surface area (Å²) in [5.41, 5.74) is 3.11. The van der Waals surface area contributed by atoms with E-state index in [2.05, 4.69) is 50.4 Å². The molecule has 2 rings (SSSR count). The third-order valence-corrected chi connectivity index (χ3v) is 5.16. The quantitative estimate of drug-likeness (QED) is 0.879. The van der Waals surface area contributed by atoms with Crippen LogP contribution in [-0.2, 0) is 26.5 Å². The molecule has 0 aliphatic rings. The number of sulfone groups is 1. The molecule has 0 fully saturated rings. The van der Waals surface area contributed by atoms with Crippen molar-refractivity contribution in [3.63, 3.8) is 0 Å². The summed E-state index contributed by atoms with van der Waals surface area (Å²) in [5, 5.41) is 2.79. The normalized spacial score (nSPS) is 12.0. The predicted molar refractivity (Wildman–Crippen MR) is 102 cm³/mol. The second kappa shape index (κ2) is 7.40. The van der Waals surface area contributed by atoms with E-state index in [9.17, 15) is 13.2 Å². The molecular weight excluding hydrogens is 334 g/mol. The summed E-state index contributed by atoms with van der Waals surface area (Å²) in [5.74, 6) is -0.0907. The number of anilines is 1. The van der Waals surface area contributed by atoms with Crippen molar-refractivity contribution < 1.29 is 13.2 Å². The second-order valence-corrected chi connectivity index (χ2v) is 9.31. The molecular formula is C20H25NO3S.